The fourth-order valence-electron chi connectivity index (χ4n) is 4.56. The molecule has 2 heterocycles. The maximum atomic E-state index is 12.5. The molecule has 156 valence electrons. The van der Waals surface area contributed by atoms with Gasteiger partial charge in [0.15, 0.2) is 11.5 Å². The number of anilines is 1. The van der Waals surface area contributed by atoms with Crippen LogP contribution in [0.4, 0.5) is 5.82 Å². The summed E-state index contributed by atoms with van der Waals surface area (Å²) in [6.07, 6.45) is 6.85. The monoisotopic (exact) mass is 400 g/mol. The van der Waals surface area contributed by atoms with Crippen LogP contribution in [0.5, 0.6) is 17.2 Å². The van der Waals surface area contributed by atoms with Crippen LogP contribution in [0.3, 0.4) is 0 Å². The summed E-state index contributed by atoms with van der Waals surface area (Å²) in [5.41, 5.74) is 0.651. The summed E-state index contributed by atoms with van der Waals surface area (Å²) in [7, 11) is 4.73. The van der Waals surface area contributed by atoms with E-state index in [4.69, 9.17) is 14.2 Å². The summed E-state index contributed by atoms with van der Waals surface area (Å²) >= 11 is 0. The topological polar surface area (TPSA) is 85.8 Å². The number of benzene rings is 1. The molecule has 1 N–H and O–H groups in total. The normalized spacial score (nSPS) is 19.8. The molecule has 1 aliphatic heterocycles. The Balaban J connectivity index is 1.55. The van der Waals surface area contributed by atoms with Crippen molar-refractivity contribution in [1.29, 1.82) is 0 Å². The van der Waals surface area contributed by atoms with Crippen LogP contribution >= 0.6 is 0 Å². The second-order valence-electron chi connectivity index (χ2n) is 7.70. The molecule has 1 saturated carbocycles. The SMILES string of the molecule is COc1cc2c(NCC3CC(=O)N(C4CCCC4)C3)ncnc2c(OC)c1OC. The van der Waals surface area contributed by atoms with Crippen molar-refractivity contribution in [2.45, 2.75) is 38.1 Å². The molecular weight excluding hydrogens is 372 g/mol. The number of amides is 1. The van der Waals surface area contributed by atoms with Gasteiger partial charge in [-0.2, -0.15) is 0 Å². The molecular formula is C21H28N4O4. The van der Waals surface area contributed by atoms with E-state index in [1.54, 1.807) is 21.3 Å². The highest BCUT2D eigenvalue weighted by Gasteiger charge is 2.35. The van der Waals surface area contributed by atoms with Gasteiger partial charge in [-0.3, -0.25) is 4.79 Å². The third-order valence-corrected chi connectivity index (χ3v) is 5.99. The Bertz CT molecular complexity index is 898. The Labute approximate surface area is 170 Å². The molecule has 2 aliphatic rings. The van der Waals surface area contributed by atoms with Gasteiger partial charge in [-0.1, -0.05) is 12.8 Å². The number of nitrogens with zero attached hydrogens (tertiary/aromatic N) is 3. The van der Waals surface area contributed by atoms with Gasteiger partial charge >= 0.3 is 0 Å². The van der Waals surface area contributed by atoms with Crippen molar-refractivity contribution in [1.82, 2.24) is 14.9 Å². The number of fused-ring (bicyclic) bond motifs is 1. The lowest BCUT2D eigenvalue weighted by atomic mass is 10.1. The largest absolute Gasteiger partial charge is 0.493 e. The molecule has 1 saturated heterocycles. The molecule has 1 aromatic heterocycles. The fraction of sp³-hybridized carbons (Fsp3) is 0.571. The van der Waals surface area contributed by atoms with Crippen molar-refractivity contribution >= 4 is 22.6 Å². The van der Waals surface area contributed by atoms with Crippen LogP contribution in [0.2, 0.25) is 0 Å². The van der Waals surface area contributed by atoms with Crippen LogP contribution in [0.25, 0.3) is 10.9 Å². The Morgan fingerprint density at radius 3 is 2.55 bits per heavy atom. The van der Waals surface area contributed by atoms with Gasteiger partial charge in [0.2, 0.25) is 11.7 Å². The maximum absolute atomic E-state index is 12.5. The van der Waals surface area contributed by atoms with Gasteiger partial charge in [0.1, 0.15) is 17.7 Å². The number of methoxy groups -OCH3 is 3. The van der Waals surface area contributed by atoms with Gasteiger partial charge in [-0.15, -0.1) is 0 Å². The average Bonchev–Trinajstić information content (AvgIpc) is 3.39. The maximum Gasteiger partial charge on any atom is 0.223 e. The lowest BCUT2D eigenvalue weighted by Gasteiger charge is -2.24. The zero-order valence-electron chi connectivity index (χ0n) is 17.2. The van der Waals surface area contributed by atoms with Gasteiger partial charge in [0.25, 0.3) is 0 Å². The molecule has 1 aliphatic carbocycles. The van der Waals surface area contributed by atoms with E-state index in [0.29, 0.717) is 47.6 Å². The molecule has 1 atom stereocenters. The van der Waals surface area contributed by atoms with E-state index >= 15 is 0 Å². The Morgan fingerprint density at radius 1 is 1.10 bits per heavy atom. The Hall–Kier alpha value is -2.77. The first-order chi connectivity index (χ1) is 14.2. The van der Waals surface area contributed by atoms with Crippen LogP contribution in [0.1, 0.15) is 32.1 Å². The number of aromatic nitrogens is 2. The number of hydrogen-bond donors (Lipinski definition) is 1. The van der Waals surface area contributed by atoms with Crippen LogP contribution in [-0.4, -0.2) is 61.2 Å². The minimum atomic E-state index is 0.273. The molecule has 4 rings (SSSR count). The predicted octanol–water partition coefficient (Wildman–Crippen LogP) is 2.86. The second kappa shape index (κ2) is 8.31. The van der Waals surface area contributed by atoms with E-state index in [9.17, 15) is 4.79 Å². The third kappa shape index (κ3) is 3.63. The molecule has 29 heavy (non-hydrogen) atoms. The zero-order chi connectivity index (χ0) is 20.4. The highest BCUT2D eigenvalue weighted by Crippen LogP contribution is 2.43. The van der Waals surface area contributed by atoms with E-state index in [0.717, 1.165) is 24.8 Å². The molecule has 0 radical (unpaired) electrons. The first-order valence-corrected chi connectivity index (χ1v) is 10.1. The van der Waals surface area contributed by atoms with Gasteiger partial charge < -0.3 is 24.4 Å². The number of ether oxygens (including phenoxy) is 3. The molecule has 1 aromatic carbocycles. The number of rotatable bonds is 7. The molecule has 0 spiro atoms. The summed E-state index contributed by atoms with van der Waals surface area (Å²) in [6.45, 7) is 1.50. The average molecular weight is 400 g/mol. The third-order valence-electron chi connectivity index (χ3n) is 5.99. The second-order valence-corrected chi connectivity index (χ2v) is 7.70. The van der Waals surface area contributed by atoms with Crippen molar-refractivity contribution in [2.24, 2.45) is 5.92 Å². The van der Waals surface area contributed by atoms with E-state index < -0.39 is 0 Å². The Kier molecular flexibility index (Phi) is 5.60. The first kappa shape index (κ1) is 19.5. The predicted molar refractivity (Wildman–Crippen MR) is 110 cm³/mol. The quantitative estimate of drug-likeness (QED) is 0.765. The van der Waals surface area contributed by atoms with Crippen molar-refractivity contribution in [3.05, 3.63) is 12.4 Å². The number of nitrogens with one attached hydrogen (secondary N) is 1. The minimum Gasteiger partial charge on any atom is -0.493 e. The van der Waals surface area contributed by atoms with Gasteiger partial charge in [-0.05, 0) is 18.9 Å². The minimum absolute atomic E-state index is 0.273. The van der Waals surface area contributed by atoms with E-state index in [-0.39, 0.29) is 11.8 Å². The zero-order valence-corrected chi connectivity index (χ0v) is 17.2. The molecule has 8 nitrogen and oxygen atoms in total. The highest BCUT2D eigenvalue weighted by atomic mass is 16.5. The molecule has 2 fully saturated rings. The van der Waals surface area contributed by atoms with E-state index in [2.05, 4.69) is 20.2 Å². The van der Waals surface area contributed by atoms with Gasteiger partial charge in [0.05, 0.1) is 26.7 Å². The molecule has 2 aromatic rings. The van der Waals surface area contributed by atoms with Crippen LogP contribution in [0.15, 0.2) is 12.4 Å². The summed E-state index contributed by atoms with van der Waals surface area (Å²) in [4.78, 5) is 23.3. The van der Waals surface area contributed by atoms with Crippen LogP contribution in [0, 0.1) is 5.92 Å². The van der Waals surface area contributed by atoms with Crippen LogP contribution < -0.4 is 19.5 Å². The van der Waals surface area contributed by atoms with Crippen LogP contribution in [-0.2, 0) is 4.79 Å². The lowest BCUT2D eigenvalue weighted by Crippen LogP contribution is -2.34. The van der Waals surface area contributed by atoms with Gasteiger partial charge in [0, 0.05) is 31.5 Å². The van der Waals surface area contributed by atoms with Crippen molar-refractivity contribution in [2.75, 3.05) is 39.7 Å². The summed E-state index contributed by atoms with van der Waals surface area (Å²) in [5, 5.41) is 4.21. The summed E-state index contributed by atoms with van der Waals surface area (Å²) in [5.74, 6) is 2.81. The summed E-state index contributed by atoms with van der Waals surface area (Å²) in [6, 6.07) is 2.29. The van der Waals surface area contributed by atoms with Crippen molar-refractivity contribution in [3.8, 4) is 17.2 Å². The number of carbonyl (C=O) groups excluding carboxylic acids is 1. The van der Waals surface area contributed by atoms with Gasteiger partial charge in [-0.25, -0.2) is 9.97 Å². The van der Waals surface area contributed by atoms with E-state index in [1.807, 2.05) is 6.07 Å². The summed E-state index contributed by atoms with van der Waals surface area (Å²) < 4.78 is 16.4. The highest BCUT2D eigenvalue weighted by molar-refractivity contribution is 5.96. The van der Waals surface area contributed by atoms with Crippen molar-refractivity contribution in [3.63, 3.8) is 0 Å². The molecule has 1 amide bonds. The fourth-order valence-corrected chi connectivity index (χ4v) is 4.56. The number of hydrogen-bond acceptors (Lipinski definition) is 7. The number of likely N-dealkylation sites (tertiary alicyclic amines) is 1. The van der Waals surface area contributed by atoms with E-state index in [1.165, 1.54) is 19.2 Å². The Morgan fingerprint density at radius 2 is 1.86 bits per heavy atom. The lowest BCUT2D eigenvalue weighted by molar-refractivity contribution is -0.129. The molecule has 8 heteroatoms. The number of carbonyl (C=O) groups is 1. The molecule has 0 bridgehead atoms. The molecule has 1 unspecified atom stereocenters. The first-order valence-electron chi connectivity index (χ1n) is 10.1. The van der Waals surface area contributed by atoms with Crippen molar-refractivity contribution < 1.29 is 19.0 Å². The smallest absolute Gasteiger partial charge is 0.223 e. The standard InChI is InChI=1S/C21H28N4O4/c1-27-16-9-15-18(20(29-3)19(16)28-2)23-12-24-21(15)22-10-13-8-17(26)25(11-13)14-6-4-5-7-14/h9,12-14H,4-8,10-11H2,1-3H3,(H,22,23,24).